The molecule has 0 radical (unpaired) electrons. The summed E-state index contributed by atoms with van der Waals surface area (Å²) in [5, 5.41) is 8.76. The lowest BCUT2D eigenvalue weighted by atomic mass is 10.1. The Labute approximate surface area is 126 Å². The Kier molecular flexibility index (Phi) is 7.51. The normalized spacial score (nSPS) is 10.8. The summed E-state index contributed by atoms with van der Waals surface area (Å²) in [5.74, 6) is 0.854. The summed E-state index contributed by atoms with van der Waals surface area (Å²) in [6.45, 7) is 2.05. The molecule has 1 rings (SSSR count). The molecule has 0 fully saturated rings. The molecule has 0 unspecified atom stereocenters. The predicted octanol–water partition coefficient (Wildman–Crippen LogP) is 1.92. The number of rotatable bonds is 9. The maximum absolute atomic E-state index is 8.76. The number of methoxy groups -OCH3 is 1. The molecule has 0 spiro atoms. The number of nitrogens with zero attached hydrogens (tertiary/aromatic N) is 1. The van der Waals surface area contributed by atoms with E-state index in [2.05, 4.69) is 11.9 Å². The molecule has 0 saturated heterocycles. The molecule has 3 N–H and O–H groups in total. The van der Waals surface area contributed by atoms with E-state index < -0.39 is 0 Å². The molecule has 1 aromatic rings. The van der Waals surface area contributed by atoms with Crippen LogP contribution in [0.15, 0.2) is 18.2 Å². The van der Waals surface area contributed by atoms with Crippen LogP contribution in [-0.2, 0) is 6.54 Å². The van der Waals surface area contributed by atoms with Crippen molar-refractivity contribution in [3.8, 4) is 5.75 Å². The Morgan fingerprint density at radius 3 is 2.70 bits per heavy atom. The summed E-state index contributed by atoms with van der Waals surface area (Å²) in [6.07, 6.45) is 2.99. The van der Waals surface area contributed by atoms with Crippen LogP contribution in [0.25, 0.3) is 0 Å². The average Bonchev–Trinajstić information content (AvgIpc) is 2.43. The molecule has 0 aromatic heterocycles. The fraction of sp³-hybridized carbons (Fsp3) is 0.533. The summed E-state index contributed by atoms with van der Waals surface area (Å²) >= 11 is 5.01. The largest absolute Gasteiger partial charge is 0.496 e. The summed E-state index contributed by atoms with van der Waals surface area (Å²) in [5.41, 5.74) is 7.62. The number of thiocarbonyl (C=S) groups is 1. The lowest BCUT2D eigenvalue weighted by molar-refractivity contribution is 0.270. The highest BCUT2D eigenvalue weighted by Gasteiger charge is 2.08. The van der Waals surface area contributed by atoms with Crippen molar-refractivity contribution in [3.05, 3.63) is 29.3 Å². The van der Waals surface area contributed by atoms with Crippen molar-refractivity contribution in [1.29, 1.82) is 0 Å². The second-order valence-corrected chi connectivity index (χ2v) is 5.35. The van der Waals surface area contributed by atoms with E-state index in [1.807, 2.05) is 18.2 Å². The number of hydrogen-bond donors (Lipinski definition) is 2. The molecular formula is C15H24N2O2S. The van der Waals surface area contributed by atoms with Crippen molar-refractivity contribution in [2.45, 2.75) is 25.8 Å². The molecule has 0 saturated carbocycles. The highest BCUT2D eigenvalue weighted by atomic mass is 32.1. The lowest BCUT2D eigenvalue weighted by Crippen LogP contribution is -2.20. The van der Waals surface area contributed by atoms with Gasteiger partial charge < -0.3 is 20.5 Å². The molecule has 1 aromatic carbocycles. The molecule has 0 amide bonds. The van der Waals surface area contributed by atoms with Gasteiger partial charge in [0.25, 0.3) is 0 Å². The molecule has 0 aliphatic carbocycles. The van der Waals surface area contributed by atoms with Gasteiger partial charge >= 0.3 is 0 Å². The van der Waals surface area contributed by atoms with Gasteiger partial charge in [-0.25, -0.2) is 0 Å². The van der Waals surface area contributed by atoms with Crippen LogP contribution >= 0.6 is 12.2 Å². The van der Waals surface area contributed by atoms with Gasteiger partial charge in [0.15, 0.2) is 0 Å². The first-order valence-electron chi connectivity index (χ1n) is 6.84. The van der Waals surface area contributed by atoms with Crippen molar-refractivity contribution in [1.82, 2.24) is 4.90 Å². The highest BCUT2D eigenvalue weighted by Crippen LogP contribution is 2.21. The van der Waals surface area contributed by atoms with Crippen molar-refractivity contribution >= 4 is 17.2 Å². The number of aliphatic hydroxyl groups excluding tert-OH is 1. The second kappa shape index (κ2) is 8.89. The van der Waals surface area contributed by atoms with Crippen LogP contribution in [0.2, 0.25) is 0 Å². The fourth-order valence-corrected chi connectivity index (χ4v) is 2.22. The van der Waals surface area contributed by atoms with E-state index in [9.17, 15) is 0 Å². The Balaban J connectivity index is 2.64. The highest BCUT2D eigenvalue weighted by molar-refractivity contribution is 7.80. The molecule has 112 valence electrons. The van der Waals surface area contributed by atoms with Gasteiger partial charge in [-0.15, -0.1) is 0 Å². The molecule has 20 heavy (non-hydrogen) atoms. The maximum Gasteiger partial charge on any atom is 0.123 e. The molecule has 0 bridgehead atoms. The topological polar surface area (TPSA) is 58.7 Å². The zero-order valence-electron chi connectivity index (χ0n) is 12.3. The molecule has 0 aliphatic heterocycles. The number of unbranched alkanes of at least 4 members (excludes halogenated alkanes) is 2. The van der Waals surface area contributed by atoms with E-state index in [1.54, 1.807) is 7.11 Å². The van der Waals surface area contributed by atoms with Crippen LogP contribution in [0.4, 0.5) is 0 Å². The smallest absolute Gasteiger partial charge is 0.123 e. The zero-order valence-corrected chi connectivity index (χ0v) is 13.1. The van der Waals surface area contributed by atoms with Gasteiger partial charge in [-0.1, -0.05) is 12.2 Å². The number of hydrogen-bond acceptors (Lipinski definition) is 4. The van der Waals surface area contributed by atoms with Crippen LogP contribution in [0.3, 0.4) is 0 Å². The van der Waals surface area contributed by atoms with E-state index in [0.29, 0.717) is 4.99 Å². The van der Waals surface area contributed by atoms with E-state index in [0.717, 1.165) is 49.2 Å². The predicted molar refractivity (Wildman–Crippen MR) is 86.2 cm³/mol. The first-order chi connectivity index (χ1) is 9.58. The van der Waals surface area contributed by atoms with Gasteiger partial charge in [-0.05, 0) is 51.1 Å². The minimum atomic E-state index is 0.271. The van der Waals surface area contributed by atoms with Crippen LogP contribution in [0.5, 0.6) is 5.75 Å². The van der Waals surface area contributed by atoms with Crippen molar-refractivity contribution in [2.24, 2.45) is 5.73 Å². The van der Waals surface area contributed by atoms with Gasteiger partial charge in [0.05, 0.1) is 7.11 Å². The Bertz CT molecular complexity index is 438. The quantitative estimate of drug-likeness (QED) is 0.538. The number of benzene rings is 1. The Morgan fingerprint density at radius 2 is 2.10 bits per heavy atom. The minimum absolute atomic E-state index is 0.271. The van der Waals surface area contributed by atoms with Gasteiger partial charge in [0, 0.05) is 24.3 Å². The number of nitrogens with two attached hydrogens (primary N) is 1. The molecule has 4 nitrogen and oxygen atoms in total. The van der Waals surface area contributed by atoms with Crippen molar-refractivity contribution in [3.63, 3.8) is 0 Å². The molecule has 0 aliphatic rings. The molecule has 0 heterocycles. The first-order valence-corrected chi connectivity index (χ1v) is 7.25. The van der Waals surface area contributed by atoms with E-state index >= 15 is 0 Å². The summed E-state index contributed by atoms with van der Waals surface area (Å²) in [4.78, 5) is 2.64. The van der Waals surface area contributed by atoms with Crippen LogP contribution in [-0.4, -0.2) is 42.3 Å². The van der Waals surface area contributed by atoms with Gasteiger partial charge in [0.2, 0.25) is 0 Å². The van der Waals surface area contributed by atoms with E-state index in [-0.39, 0.29) is 6.61 Å². The minimum Gasteiger partial charge on any atom is -0.496 e. The van der Waals surface area contributed by atoms with Gasteiger partial charge in [0.1, 0.15) is 10.7 Å². The fourth-order valence-electron chi connectivity index (χ4n) is 2.10. The van der Waals surface area contributed by atoms with Crippen LogP contribution < -0.4 is 10.5 Å². The van der Waals surface area contributed by atoms with E-state index in [1.165, 1.54) is 0 Å². The average molecular weight is 296 g/mol. The third-order valence-corrected chi connectivity index (χ3v) is 3.44. The Hall–Kier alpha value is -1.17. The van der Waals surface area contributed by atoms with Gasteiger partial charge in [-0.3, -0.25) is 0 Å². The SMILES string of the molecule is COc1ccc(C(N)=S)cc1CN(C)CCCCCO. The third-order valence-electron chi connectivity index (χ3n) is 3.20. The number of ether oxygens (including phenoxy) is 1. The van der Waals surface area contributed by atoms with Crippen molar-refractivity contribution < 1.29 is 9.84 Å². The van der Waals surface area contributed by atoms with Gasteiger partial charge in [-0.2, -0.15) is 0 Å². The van der Waals surface area contributed by atoms with E-state index in [4.69, 9.17) is 27.8 Å². The zero-order chi connectivity index (χ0) is 15.0. The molecule has 5 heteroatoms. The lowest BCUT2D eigenvalue weighted by Gasteiger charge is -2.19. The molecular weight excluding hydrogens is 272 g/mol. The second-order valence-electron chi connectivity index (χ2n) is 4.91. The summed E-state index contributed by atoms with van der Waals surface area (Å²) < 4.78 is 5.38. The number of aliphatic hydroxyl groups is 1. The molecule has 0 atom stereocenters. The summed E-state index contributed by atoms with van der Waals surface area (Å²) in [7, 11) is 3.74. The standard InChI is InChI=1S/C15H24N2O2S/c1-17(8-4-3-5-9-18)11-13-10-12(15(16)20)6-7-14(13)19-2/h6-7,10,18H,3-5,8-9,11H2,1-2H3,(H2,16,20). The van der Waals surface area contributed by atoms with Crippen LogP contribution in [0, 0.1) is 0 Å². The third kappa shape index (κ3) is 5.45. The first kappa shape index (κ1) is 16.9. The Morgan fingerprint density at radius 1 is 1.35 bits per heavy atom. The monoisotopic (exact) mass is 296 g/mol. The summed E-state index contributed by atoms with van der Waals surface area (Å²) in [6, 6.07) is 5.78. The van der Waals surface area contributed by atoms with Crippen molar-refractivity contribution in [2.75, 3.05) is 27.3 Å². The van der Waals surface area contributed by atoms with Crippen LogP contribution in [0.1, 0.15) is 30.4 Å². The maximum atomic E-state index is 8.76.